The number of carbonyl (C=O) groups excluding carboxylic acids is 1. The summed E-state index contributed by atoms with van der Waals surface area (Å²) in [5.74, 6) is -0.0869. The second kappa shape index (κ2) is 5.63. The Balaban J connectivity index is 1.75. The normalized spacial score (nSPS) is 10.5. The molecule has 0 fully saturated rings. The summed E-state index contributed by atoms with van der Waals surface area (Å²) in [6.45, 7) is 0. The summed E-state index contributed by atoms with van der Waals surface area (Å²) in [5.41, 5.74) is 8.98. The molecular weight excluding hydrogens is 262 g/mol. The number of nitrogens with two attached hydrogens (primary N) is 1. The molecule has 0 aliphatic rings. The number of anilines is 2. The van der Waals surface area contributed by atoms with Gasteiger partial charge in [-0.15, -0.1) is 0 Å². The Morgan fingerprint density at radius 1 is 1.10 bits per heavy atom. The fourth-order valence-corrected chi connectivity index (χ4v) is 2.23. The zero-order valence-corrected chi connectivity index (χ0v) is 11.4. The van der Waals surface area contributed by atoms with E-state index in [0.717, 1.165) is 22.2 Å². The Hall–Kier alpha value is -2.88. The van der Waals surface area contributed by atoms with Crippen LogP contribution >= 0.6 is 0 Å². The maximum absolute atomic E-state index is 12.1. The molecular formula is C17H15N3O. The molecule has 4 heteroatoms. The minimum atomic E-state index is -0.0869. The molecule has 0 aliphatic carbocycles. The van der Waals surface area contributed by atoms with Gasteiger partial charge in [0.05, 0.1) is 11.9 Å². The minimum absolute atomic E-state index is 0.0869. The molecule has 0 atom stereocenters. The van der Waals surface area contributed by atoms with Crippen molar-refractivity contribution in [3.05, 3.63) is 66.4 Å². The predicted molar refractivity (Wildman–Crippen MR) is 84.9 cm³/mol. The van der Waals surface area contributed by atoms with Gasteiger partial charge >= 0.3 is 0 Å². The van der Waals surface area contributed by atoms with Gasteiger partial charge in [-0.1, -0.05) is 24.3 Å². The Morgan fingerprint density at radius 3 is 2.81 bits per heavy atom. The molecule has 0 radical (unpaired) electrons. The van der Waals surface area contributed by atoms with Crippen molar-refractivity contribution < 1.29 is 4.79 Å². The van der Waals surface area contributed by atoms with Crippen LogP contribution in [-0.4, -0.2) is 10.9 Å². The first-order valence-corrected chi connectivity index (χ1v) is 6.70. The highest BCUT2D eigenvalue weighted by atomic mass is 16.1. The van der Waals surface area contributed by atoms with Crippen LogP contribution < -0.4 is 11.1 Å². The van der Waals surface area contributed by atoms with E-state index in [9.17, 15) is 4.79 Å². The second-order valence-corrected chi connectivity index (χ2v) is 4.83. The molecule has 0 spiro atoms. The Morgan fingerprint density at radius 2 is 1.95 bits per heavy atom. The number of hydrogen-bond donors (Lipinski definition) is 2. The summed E-state index contributed by atoms with van der Waals surface area (Å²) in [5, 5.41) is 3.88. The molecule has 0 saturated carbocycles. The van der Waals surface area contributed by atoms with Crippen molar-refractivity contribution in [1.82, 2.24) is 4.98 Å². The molecule has 0 saturated heterocycles. The molecule has 0 aliphatic heterocycles. The number of benzene rings is 2. The zero-order chi connectivity index (χ0) is 14.7. The summed E-state index contributed by atoms with van der Waals surface area (Å²) < 4.78 is 0. The number of amides is 1. The zero-order valence-electron chi connectivity index (χ0n) is 11.4. The molecule has 3 rings (SSSR count). The van der Waals surface area contributed by atoms with E-state index in [1.807, 2.05) is 48.5 Å². The van der Waals surface area contributed by atoms with Crippen LogP contribution in [0.25, 0.3) is 10.9 Å². The number of carbonyl (C=O) groups is 1. The second-order valence-electron chi connectivity index (χ2n) is 4.83. The molecule has 1 aromatic heterocycles. The highest BCUT2D eigenvalue weighted by molar-refractivity contribution is 5.95. The van der Waals surface area contributed by atoms with Crippen molar-refractivity contribution in [3.63, 3.8) is 0 Å². The molecule has 3 aromatic rings. The molecule has 21 heavy (non-hydrogen) atoms. The molecule has 0 bridgehead atoms. The van der Waals surface area contributed by atoms with E-state index >= 15 is 0 Å². The summed E-state index contributed by atoms with van der Waals surface area (Å²) in [6, 6.07) is 16.9. The number of pyridine rings is 1. The lowest BCUT2D eigenvalue weighted by atomic mass is 10.1. The lowest BCUT2D eigenvalue weighted by Crippen LogP contribution is -2.15. The Kier molecular flexibility index (Phi) is 3.51. The summed E-state index contributed by atoms with van der Waals surface area (Å²) in [6.07, 6.45) is 2.01. The number of fused-ring (bicyclic) bond motifs is 1. The topological polar surface area (TPSA) is 68.0 Å². The predicted octanol–water partition coefficient (Wildman–Crippen LogP) is 3.00. The van der Waals surface area contributed by atoms with Crippen molar-refractivity contribution in [3.8, 4) is 0 Å². The van der Waals surface area contributed by atoms with Crippen LogP contribution in [0, 0.1) is 0 Å². The van der Waals surface area contributed by atoms with E-state index in [4.69, 9.17) is 5.73 Å². The van der Waals surface area contributed by atoms with Gasteiger partial charge in [-0.3, -0.25) is 9.78 Å². The van der Waals surface area contributed by atoms with Crippen LogP contribution in [-0.2, 0) is 11.2 Å². The number of hydrogen-bond acceptors (Lipinski definition) is 3. The van der Waals surface area contributed by atoms with Crippen molar-refractivity contribution in [2.45, 2.75) is 6.42 Å². The molecule has 1 amide bonds. The van der Waals surface area contributed by atoms with Gasteiger partial charge < -0.3 is 11.1 Å². The van der Waals surface area contributed by atoms with Crippen LogP contribution in [0.4, 0.5) is 11.4 Å². The number of nitrogens with one attached hydrogen (secondary N) is 1. The molecule has 2 aromatic carbocycles. The first-order chi connectivity index (χ1) is 10.2. The molecule has 4 nitrogen and oxygen atoms in total. The molecule has 0 unspecified atom stereocenters. The first-order valence-electron chi connectivity index (χ1n) is 6.70. The van der Waals surface area contributed by atoms with Crippen LogP contribution in [0.1, 0.15) is 5.56 Å². The fraction of sp³-hybridized carbons (Fsp3) is 0.0588. The number of nitrogens with zero attached hydrogens (tertiary/aromatic N) is 1. The maximum atomic E-state index is 12.1. The van der Waals surface area contributed by atoms with Gasteiger partial charge in [0, 0.05) is 23.0 Å². The smallest absolute Gasteiger partial charge is 0.228 e. The SMILES string of the molecule is Nc1ccccc1CC(=O)Nc1ccc2ncccc2c1. The van der Waals surface area contributed by atoms with Gasteiger partial charge in [0.2, 0.25) is 5.91 Å². The van der Waals surface area contributed by atoms with E-state index < -0.39 is 0 Å². The Bertz CT molecular complexity index is 799. The molecule has 3 N–H and O–H groups in total. The average molecular weight is 277 g/mol. The minimum Gasteiger partial charge on any atom is -0.398 e. The molecule has 104 valence electrons. The lowest BCUT2D eigenvalue weighted by Gasteiger charge is -2.08. The summed E-state index contributed by atoms with van der Waals surface area (Å²) in [7, 11) is 0. The number of para-hydroxylation sites is 1. The standard InChI is InChI=1S/C17H15N3O/c18-15-6-2-1-4-12(15)11-17(21)20-14-7-8-16-13(10-14)5-3-9-19-16/h1-10H,11,18H2,(H,20,21). The van der Waals surface area contributed by atoms with Crippen LogP contribution in [0.3, 0.4) is 0 Å². The lowest BCUT2D eigenvalue weighted by molar-refractivity contribution is -0.115. The number of rotatable bonds is 3. The van der Waals surface area contributed by atoms with Gasteiger partial charge in [0.25, 0.3) is 0 Å². The van der Waals surface area contributed by atoms with Crippen LogP contribution in [0.5, 0.6) is 0 Å². The van der Waals surface area contributed by atoms with E-state index in [1.54, 1.807) is 12.3 Å². The van der Waals surface area contributed by atoms with Gasteiger partial charge in [-0.2, -0.15) is 0 Å². The highest BCUT2D eigenvalue weighted by Crippen LogP contribution is 2.18. The summed E-state index contributed by atoms with van der Waals surface area (Å²) >= 11 is 0. The third-order valence-corrected chi connectivity index (χ3v) is 3.29. The van der Waals surface area contributed by atoms with E-state index in [-0.39, 0.29) is 12.3 Å². The van der Waals surface area contributed by atoms with Crippen molar-refractivity contribution in [1.29, 1.82) is 0 Å². The fourth-order valence-electron chi connectivity index (χ4n) is 2.23. The maximum Gasteiger partial charge on any atom is 0.228 e. The van der Waals surface area contributed by atoms with Crippen molar-refractivity contribution in [2.24, 2.45) is 0 Å². The third kappa shape index (κ3) is 3.00. The van der Waals surface area contributed by atoms with Gasteiger partial charge in [-0.05, 0) is 35.9 Å². The highest BCUT2D eigenvalue weighted by Gasteiger charge is 2.07. The number of nitrogen functional groups attached to an aromatic ring is 1. The largest absolute Gasteiger partial charge is 0.398 e. The van der Waals surface area contributed by atoms with Gasteiger partial charge in [-0.25, -0.2) is 0 Å². The van der Waals surface area contributed by atoms with Crippen LogP contribution in [0.15, 0.2) is 60.8 Å². The van der Waals surface area contributed by atoms with E-state index in [1.165, 1.54) is 0 Å². The average Bonchev–Trinajstić information content (AvgIpc) is 2.49. The summed E-state index contributed by atoms with van der Waals surface area (Å²) in [4.78, 5) is 16.3. The van der Waals surface area contributed by atoms with E-state index in [2.05, 4.69) is 10.3 Å². The van der Waals surface area contributed by atoms with Gasteiger partial charge in [0.1, 0.15) is 0 Å². The van der Waals surface area contributed by atoms with Gasteiger partial charge in [0.15, 0.2) is 0 Å². The van der Waals surface area contributed by atoms with Crippen LogP contribution in [0.2, 0.25) is 0 Å². The molecule has 1 heterocycles. The van der Waals surface area contributed by atoms with E-state index in [0.29, 0.717) is 5.69 Å². The monoisotopic (exact) mass is 277 g/mol. The van der Waals surface area contributed by atoms with Crippen molar-refractivity contribution in [2.75, 3.05) is 11.1 Å². The number of aromatic nitrogens is 1. The Labute approximate surface area is 122 Å². The van der Waals surface area contributed by atoms with Crippen molar-refractivity contribution >= 4 is 28.2 Å². The first kappa shape index (κ1) is 13.1. The third-order valence-electron chi connectivity index (χ3n) is 3.29. The quantitative estimate of drug-likeness (QED) is 0.723.